The molecule has 0 saturated heterocycles. The molecular weight excluding hydrogens is 393 g/mol. The van der Waals surface area contributed by atoms with Gasteiger partial charge in [-0.1, -0.05) is 0 Å². The zero-order chi connectivity index (χ0) is 19.6. The summed E-state index contributed by atoms with van der Waals surface area (Å²) in [5.41, 5.74) is 1.12. The van der Waals surface area contributed by atoms with Crippen LogP contribution in [0.15, 0.2) is 23.1 Å². The number of aryl methyl sites for hydroxylation is 1. The number of esters is 1. The van der Waals surface area contributed by atoms with Gasteiger partial charge >= 0.3 is 5.97 Å². The van der Waals surface area contributed by atoms with E-state index in [2.05, 4.69) is 4.72 Å². The van der Waals surface area contributed by atoms with E-state index in [1.807, 2.05) is 0 Å². The molecule has 6 nitrogen and oxygen atoms in total. The zero-order valence-corrected chi connectivity index (χ0v) is 16.6. The molecule has 1 aliphatic rings. The monoisotopic (exact) mass is 413 g/mol. The highest BCUT2D eigenvalue weighted by Crippen LogP contribution is 2.39. The first-order valence-electron chi connectivity index (χ1n) is 8.55. The molecule has 0 fully saturated rings. The van der Waals surface area contributed by atoms with Gasteiger partial charge < -0.3 is 9.47 Å². The molecular formula is C18H20FNO5S2. The second-order valence-electron chi connectivity index (χ2n) is 6.04. The van der Waals surface area contributed by atoms with Gasteiger partial charge in [-0.25, -0.2) is 17.6 Å². The van der Waals surface area contributed by atoms with Crippen LogP contribution in [0.3, 0.4) is 0 Å². The normalized spacial score (nSPS) is 13.7. The summed E-state index contributed by atoms with van der Waals surface area (Å²) in [6.07, 6.45) is 3.43. The average Bonchev–Trinajstić information content (AvgIpc) is 2.98. The van der Waals surface area contributed by atoms with Crippen LogP contribution in [0.2, 0.25) is 0 Å². The maximum Gasteiger partial charge on any atom is 0.341 e. The molecule has 1 heterocycles. The Bertz CT molecular complexity index is 968. The van der Waals surface area contributed by atoms with Crippen LogP contribution in [0.5, 0.6) is 5.75 Å². The average molecular weight is 413 g/mol. The van der Waals surface area contributed by atoms with Crippen LogP contribution < -0.4 is 9.46 Å². The van der Waals surface area contributed by atoms with Gasteiger partial charge in [-0.15, -0.1) is 11.3 Å². The Morgan fingerprint density at radius 2 is 2.04 bits per heavy atom. The Labute approximate surface area is 161 Å². The maximum absolute atomic E-state index is 13.9. The van der Waals surface area contributed by atoms with Gasteiger partial charge in [0.25, 0.3) is 10.0 Å². The number of methoxy groups -OCH3 is 1. The first-order valence-corrected chi connectivity index (χ1v) is 10.9. The number of sulfonamides is 1. The van der Waals surface area contributed by atoms with Crippen LogP contribution in [0.25, 0.3) is 0 Å². The number of nitrogens with one attached hydrogen (secondary N) is 1. The van der Waals surface area contributed by atoms with Crippen molar-refractivity contribution < 1.29 is 27.1 Å². The molecule has 0 spiro atoms. The molecule has 0 bridgehead atoms. The van der Waals surface area contributed by atoms with Gasteiger partial charge in [0.2, 0.25) is 0 Å². The summed E-state index contributed by atoms with van der Waals surface area (Å²) in [7, 11) is -2.78. The van der Waals surface area contributed by atoms with Crippen LogP contribution in [-0.4, -0.2) is 28.1 Å². The Morgan fingerprint density at radius 1 is 1.30 bits per heavy atom. The predicted octanol–water partition coefficient (Wildman–Crippen LogP) is 3.75. The summed E-state index contributed by atoms with van der Waals surface area (Å²) in [6, 6.07) is 3.39. The summed E-state index contributed by atoms with van der Waals surface area (Å²) in [5, 5.41) is 0.219. The lowest BCUT2D eigenvalue weighted by Gasteiger charge is -2.12. The first kappa shape index (κ1) is 19.6. The van der Waals surface area contributed by atoms with E-state index in [4.69, 9.17) is 9.47 Å². The lowest BCUT2D eigenvalue weighted by atomic mass is 9.95. The number of hydrogen-bond acceptors (Lipinski definition) is 6. The molecule has 146 valence electrons. The standard InChI is InChI=1S/C18H20FNO5S2/c1-3-25-18(21)16-12-6-4-5-7-15(12)26-17(16)20-27(22,23)11-8-9-14(24-2)13(19)10-11/h8-10,20H,3-7H2,1-2H3. The van der Waals surface area contributed by atoms with Gasteiger partial charge in [0.05, 0.1) is 24.2 Å². The minimum Gasteiger partial charge on any atom is -0.494 e. The molecule has 1 aromatic heterocycles. The van der Waals surface area contributed by atoms with Crippen molar-refractivity contribution in [1.82, 2.24) is 0 Å². The van der Waals surface area contributed by atoms with Crippen LogP contribution in [0.4, 0.5) is 9.39 Å². The third kappa shape index (κ3) is 3.93. The van der Waals surface area contributed by atoms with Gasteiger partial charge in [-0.3, -0.25) is 4.72 Å². The van der Waals surface area contributed by atoms with E-state index in [-0.39, 0.29) is 27.8 Å². The highest BCUT2D eigenvalue weighted by molar-refractivity contribution is 7.93. The molecule has 2 aromatic rings. The first-order chi connectivity index (χ1) is 12.9. The van der Waals surface area contributed by atoms with Crippen LogP contribution in [-0.2, 0) is 27.6 Å². The van der Waals surface area contributed by atoms with Crippen LogP contribution in [0.1, 0.15) is 40.6 Å². The number of hydrogen-bond donors (Lipinski definition) is 1. The van der Waals surface area contributed by atoms with Crippen molar-refractivity contribution in [3.63, 3.8) is 0 Å². The SMILES string of the molecule is CCOC(=O)c1c(NS(=O)(=O)c2ccc(OC)c(F)c2)sc2c1CCCC2. The van der Waals surface area contributed by atoms with E-state index < -0.39 is 21.8 Å². The van der Waals surface area contributed by atoms with Crippen molar-refractivity contribution in [3.05, 3.63) is 40.0 Å². The molecule has 0 aliphatic heterocycles. The number of halogens is 1. The second kappa shape index (κ2) is 7.85. The Morgan fingerprint density at radius 3 is 2.70 bits per heavy atom. The van der Waals surface area contributed by atoms with Crippen molar-refractivity contribution in [3.8, 4) is 5.75 Å². The number of benzene rings is 1. The van der Waals surface area contributed by atoms with E-state index in [1.165, 1.54) is 30.6 Å². The summed E-state index contributed by atoms with van der Waals surface area (Å²) >= 11 is 1.24. The van der Waals surface area contributed by atoms with E-state index >= 15 is 0 Å². The maximum atomic E-state index is 13.9. The predicted molar refractivity (Wildman–Crippen MR) is 101 cm³/mol. The zero-order valence-electron chi connectivity index (χ0n) is 15.0. The van der Waals surface area contributed by atoms with E-state index in [9.17, 15) is 17.6 Å². The van der Waals surface area contributed by atoms with Gasteiger partial charge in [-0.05, 0) is 56.4 Å². The van der Waals surface area contributed by atoms with E-state index in [1.54, 1.807) is 6.92 Å². The Hall–Kier alpha value is -2.13. The summed E-state index contributed by atoms with van der Waals surface area (Å²) in [4.78, 5) is 13.2. The minimum atomic E-state index is -4.07. The number of carbonyl (C=O) groups is 1. The highest BCUT2D eigenvalue weighted by atomic mass is 32.2. The number of fused-ring (bicyclic) bond motifs is 1. The largest absolute Gasteiger partial charge is 0.494 e. The molecule has 0 unspecified atom stereocenters. The van der Waals surface area contributed by atoms with Crippen molar-refractivity contribution in [1.29, 1.82) is 0 Å². The number of ether oxygens (including phenoxy) is 2. The third-order valence-corrected chi connectivity index (χ3v) is 7.00. The molecule has 1 N–H and O–H groups in total. The Kier molecular flexibility index (Phi) is 5.71. The number of anilines is 1. The molecule has 0 radical (unpaired) electrons. The number of rotatable bonds is 6. The van der Waals surface area contributed by atoms with Gasteiger partial charge in [0.15, 0.2) is 11.6 Å². The molecule has 9 heteroatoms. The molecule has 0 atom stereocenters. The van der Waals surface area contributed by atoms with E-state index in [0.717, 1.165) is 35.8 Å². The molecule has 3 rings (SSSR count). The number of thiophene rings is 1. The van der Waals surface area contributed by atoms with E-state index in [0.29, 0.717) is 6.42 Å². The van der Waals surface area contributed by atoms with Crippen molar-refractivity contribution in [2.24, 2.45) is 0 Å². The fraction of sp³-hybridized carbons (Fsp3) is 0.389. The topological polar surface area (TPSA) is 81.7 Å². The summed E-state index contributed by atoms with van der Waals surface area (Å²) in [6.45, 7) is 1.89. The summed E-state index contributed by atoms with van der Waals surface area (Å²) in [5.74, 6) is -1.38. The van der Waals surface area contributed by atoms with Crippen molar-refractivity contribution >= 4 is 32.3 Å². The van der Waals surface area contributed by atoms with Gasteiger partial charge in [-0.2, -0.15) is 0 Å². The van der Waals surface area contributed by atoms with Crippen molar-refractivity contribution in [2.45, 2.75) is 37.5 Å². The summed E-state index contributed by atoms with van der Waals surface area (Å²) < 4.78 is 51.8. The van der Waals surface area contributed by atoms with Crippen LogP contribution in [0, 0.1) is 5.82 Å². The van der Waals surface area contributed by atoms with Gasteiger partial charge in [0, 0.05) is 4.88 Å². The number of carbonyl (C=O) groups excluding carboxylic acids is 1. The molecule has 27 heavy (non-hydrogen) atoms. The lowest BCUT2D eigenvalue weighted by molar-refractivity contribution is 0.0526. The van der Waals surface area contributed by atoms with Gasteiger partial charge in [0.1, 0.15) is 5.00 Å². The lowest BCUT2D eigenvalue weighted by Crippen LogP contribution is -2.16. The molecule has 0 saturated carbocycles. The minimum absolute atomic E-state index is 0.0484. The quantitative estimate of drug-likeness (QED) is 0.730. The highest BCUT2D eigenvalue weighted by Gasteiger charge is 2.29. The fourth-order valence-corrected chi connectivity index (χ4v) is 5.65. The fourth-order valence-electron chi connectivity index (χ4n) is 3.05. The third-order valence-electron chi connectivity index (χ3n) is 4.31. The van der Waals surface area contributed by atoms with Crippen LogP contribution >= 0.6 is 11.3 Å². The molecule has 1 aromatic carbocycles. The second-order valence-corrected chi connectivity index (χ2v) is 8.82. The smallest absolute Gasteiger partial charge is 0.341 e. The Balaban J connectivity index is 2.00. The van der Waals surface area contributed by atoms with Crippen molar-refractivity contribution in [2.75, 3.05) is 18.4 Å². The molecule has 0 amide bonds. The molecule has 1 aliphatic carbocycles.